The molecule has 0 amide bonds. The normalized spacial score (nSPS) is 15.7. The highest BCUT2D eigenvalue weighted by Gasteiger charge is 2.10. The van der Waals surface area contributed by atoms with Gasteiger partial charge in [-0.05, 0) is 75.1 Å². The summed E-state index contributed by atoms with van der Waals surface area (Å²) in [4.78, 5) is 0. The lowest BCUT2D eigenvalue weighted by Gasteiger charge is -2.13. The summed E-state index contributed by atoms with van der Waals surface area (Å²) in [6.07, 6.45) is 9.02. The molecule has 1 aliphatic carbocycles. The minimum Gasteiger partial charge on any atom is -0.314 e. The highest BCUT2D eigenvalue weighted by molar-refractivity contribution is 5.35. The van der Waals surface area contributed by atoms with E-state index in [0.29, 0.717) is 6.04 Å². The zero-order valence-electron chi connectivity index (χ0n) is 12.0. The van der Waals surface area contributed by atoms with Gasteiger partial charge in [0.05, 0.1) is 0 Å². The monoisotopic (exact) mass is 245 g/mol. The zero-order valence-corrected chi connectivity index (χ0v) is 12.0. The van der Waals surface area contributed by atoms with Crippen molar-refractivity contribution < 1.29 is 0 Å². The van der Waals surface area contributed by atoms with Crippen LogP contribution in [0.15, 0.2) is 18.2 Å². The Kier molecular flexibility index (Phi) is 5.25. The molecule has 0 bridgehead atoms. The Morgan fingerprint density at radius 1 is 1.22 bits per heavy atom. The molecule has 2 rings (SSSR count). The summed E-state index contributed by atoms with van der Waals surface area (Å²) in [6, 6.07) is 7.82. The van der Waals surface area contributed by atoms with E-state index in [4.69, 9.17) is 0 Å². The molecule has 1 atom stereocenters. The number of aryl methyl sites for hydroxylation is 3. The van der Waals surface area contributed by atoms with Gasteiger partial charge in [0.1, 0.15) is 0 Å². The Labute approximate surface area is 112 Å². The molecule has 1 N–H and O–H groups in total. The van der Waals surface area contributed by atoms with E-state index in [-0.39, 0.29) is 0 Å². The van der Waals surface area contributed by atoms with Crippen LogP contribution in [0.25, 0.3) is 0 Å². The number of benzene rings is 1. The van der Waals surface area contributed by atoms with Crippen LogP contribution in [0, 0.1) is 0 Å². The summed E-state index contributed by atoms with van der Waals surface area (Å²) in [5.74, 6) is 0. The van der Waals surface area contributed by atoms with Crippen molar-refractivity contribution in [2.24, 2.45) is 0 Å². The third kappa shape index (κ3) is 3.84. The van der Waals surface area contributed by atoms with Gasteiger partial charge in [-0.25, -0.2) is 0 Å². The molecule has 1 unspecified atom stereocenters. The quantitative estimate of drug-likeness (QED) is 0.768. The topological polar surface area (TPSA) is 12.0 Å². The highest BCUT2D eigenvalue weighted by atomic mass is 14.9. The van der Waals surface area contributed by atoms with Gasteiger partial charge in [-0.1, -0.05) is 25.1 Å². The average Bonchev–Trinajstić information content (AvgIpc) is 2.83. The first kappa shape index (κ1) is 13.6. The smallest absolute Gasteiger partial charge is 0.00388 e. The van der Waals surface area contributed by atoms with Crippen LogP contribution >= 0.6 is 0 Å². The van der Waals surface area contributed by atoms with Crippen molar-refractivity contribution in [1.29, 1.82) is 0 Å². The summed E-state index contributed by atoms with van der Waals surface area (Å²) in [6.45, 7) is 5.68. The maximum atomic E-state index is 3.56. The van der Waals surface area contributed by atoms with E-state index in [1.54, 1.807) is 16.7 Å². The average molecular weight is 245 g/mol. The van der Waals surface area contributed by atoms with Crippen molar-refractivity contribution in [3.05, 3.63) is 34.9 Å². The second-order valence-corrected chi connectivity index (χ2v) is 5.70. The SMILES string of the molecule is CCCNC(C)CCCc1ccc2c(c1)CCC2. The first-order valence-electron chi connectivity index (χ1n) is 7.63. The van der Waals surface area contributed by atoms with Crippen LogP contribution in [0.1, 0.15) is 56.2 Å². The number of rotatable bonds is 7. The van der Waals surface area contributed by atoms with Crippen LogP contribution in [0.3, 0.4) is 0 Å². The van der Waals surface area contributed by atoms with E-state index in [9.17, 15) is 0 Å². The fourth-order valence-electron chi connectivity index (χ4n) is 2.89. The standard InChI is InChI=1S/C17H27N/c1-3-12-18-14(2)6-4-7-15-10-11-16-8-5-9-17(16)13-15/h10-11,13-14,18H,3-9,12H2,1-2H3. The molecular weight excluding hydrogens is 218 g/mol. The maximum Gasteiger partial charge on any atom is 0.00388 e. The Morgan fingerprint density at radius 2 is 2.06 bits per heavy atom. The molecule has 0 aromatic heterocycles. The van der Waals surface area contributed by atoms with Crippen LogP contribution in [-0.2, 0) is 19.3 Å². The van der Waals surface area contributed by atoms with Crippen molar-refractivity contribution in [3.63, 3.8) is 0 Å². The molecule has 1 nitrogen and oxygen atoms in total. The van der Waals surface area contributed by atoms with Crippen LogP contribution in [0.4, 0.5) is 0 Å². The molecule has 0 aliphatic heterocycles. The van der Waals surface area contributed by atoms with E-state index in [1.807, 2.05) is 0 Å². The summed E-state index contributed by atoms with van der Waals surface area (Å²) in [5, 5.41) is 3.56. The number of fused-ring (bicyclic) bond motifs is 1. The van der Waals surface area contributed by atoms with Gasteiger partial charge < -0.3 is 5.32 Å². The zero-order chi connectivity index (χ0) is 12.8. The first-order chi connectivity index (χ1) is 8.79. The largest absolute Gasteiger partial charge is 0.314 e. The molecule has 0 saturated heterocycles. The molecule has 1 aromatic rings. The Morgan fingerprint density at radius 3 is 2.89 bits per heavy atom. The Hall–Kier alpha value is -0.820. The number of hydrogen-bond donors (Lipinski definition) is 1. The summed E-state index contributed by atoms with van der Waals surface area (Å²) in [7, 11) is 0. The van der Waals surface area contributed by atoms with Gasteiger partial charge in [-0.2, -0.15) is 0 Å². The molecule has 0 saturated carbocycles. The lowest BCUT2D eigenvalue weighted by Crippen LogP contribution is -2.26. The van der Waals surface area contributed by atoms with Gasteiger partial charge in [-0.15, -0.1) is 0 Å². The van der Waals surface area contributed by atoms with Crippen molar-refractivity contribution >= 4 is 0 Å². The molecule has 1 aliphatic rings. The highest BCUT2D eigenvalue weighted by Crippen LogP contribution is 2.23. The molecule has 0 spiro atoms. The first-order valence-corrected chi connectivity index (χ1v) is 7.63. The summed E-state index contributed by atoms with van der Waals surface area (Å²) >= 11 is 0. The fourth-order valence-corrected chi connectivity index (χ4v) is 2.89. The van der Waals surface area contributed by atoms with Crippen molar-refractivity contribution in [1.82, 2.24) is 5.32 Å². The predicted octanol–water partition coefficient (Wildman–Crippen LogP) is 3.89. The maximum absolute atomic E-state index is 3.56. The number of nitrogens with one attached hydrogen (secondary N) is 1. The molecule has 100 valence electrons. The van der Waals surface area contributed by atoms with Crippen molar-refractivity contribution in [3.8, 4) is 0 Å². The van der Waals surface area contributed by atoms with E-state index in [2.05, 4.69) is 37.4 Å². The summed E-state index contributed by atoms with van der Waals surface area (Å²) < 4.78 is 0. The Bertz CT molecular complexity index is 370. The van der Waals surface area contributed by atoms with E-state index in [1.165, 1.54) is 44.9 Å². The van der Waals surface area contributed by atoms with Crippen LogP contribution < -0.4 is 5.32 Å². The van der Waals surface area contributed by atoms with Crippen LogP contribution in [-0.4, -0.2) is 12.6 Å². The van der Waals surface area contributed by atoms with Gasteiger partial charge in [0.2, 0.25) is 0 Å². The molecule has 0 radical (unpaired) electrons. The third-order valence-corrected chi connectivity index (χ3v) is 4.01. The van der Waals surface area contributed by atoms with Gasteiger partial charge in [0.25, 0.3) is 0 Å². The molecule has 0 fully saturated rings. The van der Waals surface area contributed by atoms with Crippen molar-refractivity contribution in [2.45, 2.75) is 64.8 Å². The minimum absolute atomic E-state index is 0.666. The van der Waals surface area contributed by atoms with Gasteiger partial charge in [0.15, 0.2) is 0 Å². The molecule has 1 aromatic carbocycles. The Balaban J connectivity index is 1.73. The molecule has 18 heavy (non-hydrogen) atoms. The molecular formula is C17H27N. The minimum atomic E-state index is 0.666. The van der Waals surface area contributed by atoms with Crippen LogP contribution in [0.2, 0.25) is 0 Å². The van der Waals surface area contributed by atoms with E-state index in [0.717, 1.165) is 6.54 Å². The van der Waals surface area contributed by atoms with Gasteiger partial charge in [-0.3, -0.25) is 0 Å². The second kappa shape index (κ2) is 6.94. The molecule has 1 heteroatoms. The van der Waals surface area contributed by atoms with E-state index >= 15 is 0 Å². The fraction of sp³-hybridized carbons (Fsp3) is 0.647. The second-order valence-electron chi connectivity index (χ2n) is 5.70. The predicted molar refractivity (Wildman–Crippen MR) is 79.2 cm³/mol. The van der Waals surface area contributed by atoms with Gasteiger partial charge >= 0.3 is 0 Å². The van der Waals surface area contributed by atoms with Gasteiger partial charge in [0, 0.05) is 6.04 Å². The van der Waals surface area contributed by atoms with Crippen LogP contribution in [0.5, 0.6) is 0 Å². The lowest BCUT2D eigenvalue weighted by atomic mass is 10.0. The van der Waals surface area contributed by atoms with E-state index < -0.39 is 0 Å². The third-order valence-electron chi connectivity index (χ3n) is 4.01. The van der Waals surface area contributed by atoms with Crippen molar-refractivity contribution in [2.75, 3.05) is 6.54 Å². The summed E-state index contributed by atoms with van der Waals surface area (Å²) in [5.41, 5.74) is 4.75. The number of hydrogen-bond acceptors (Lipinski definition) is 1. The lowest BCUT2D eigenvalue weighted by molar-refractivity contribution is 0.498. The molecule has 0 heterocycles.